The molecule has 0 aliphatic heterocycles. The van der Waals surface area contributed by atoms with Crippen molar-refractivity contribution in [2.24, 2.45) is 5.16 Å². The van der Waals surface area contributed by atoms with Gasteiger partial charge in [0.1, 0.15) is 0 Å². The lowest BCUT2D eigenvalue weighted by Gasteiger charge is -2.10. The lowest BCUT2D eigenvalue weighted by Crippen LogP contribution is -2.10. The molecule has 0 fully saturated rings. The number of aliphatic carboxylic acids is 1. The normalized spacial score (nSPS) is 10.5. The van der Waals surface area contributed by atoms with Crippen molar-refractivity contribution in [1.29, 1.82) is 0 Å². The second kappa shape index (κ2) is 6.09. The lowest BCUT2D eigenvalue weighted by atomic mass is 10.2. The highest BCUT2D eigenvalue weighted by Gasteiger charge is 2.10. The van der Waals surface area contributed by atoms with Crippen molar-refractivity contribution in [3.05, 3.63) is 22.2 Å². The van der Waals surface area contributed by atoms with Crippen LogP contribution < -0.4 is 9.47 Å². The summed E-state index contributed by atoms with van der Waals surface area (Å²) in [5.74, 6) is -0.439. The van der Waals surface area contributed by atoms with E-state index in [0.717, 1.165) is 0 Å². The molecular weight excluding hydrogens is 294 g/mol. The largest absolute Gasteiger partial charge is 0.493 e. The van der Waals surface area contributed by atoms with Crippen LogP contribution in [-0.2, 0) is 4.79 Å². The number of benzene rings is 1. The topological polar surface area (TPSA) is 88.4 Å². The molecule has 6 nitrogen and oxygen atoms in total. The third-order valence-corrected chi connectivity index (χ3v) is 2.52. The molecule has 1 rings (SSSR count). The Balaban J connectivity index is 3.05. The Morgan fingerprint density at radius 2 is 2.24 bits per heavy atom. The summed E-state index contributed by atoms with van der Waals surface area (Å²) < 4.78 is 10.7. The fraction of sp³-hybridized carbons (Fsp3) is 0.200. The molecule has 0 spiro atoms. The van der Waals surface area contributed by atoms with Gasteiger partial charge in [0, 0.05) is 10.0 Å². The van der Waals surface area contributed by atoms with Crippen LogP contribution in [-0.4, -0.2) is 36.2 Å². The molecule has 0 aromatic heterocycles. The molecule has 0 atom stereocenters. The number of ether oxygens (including phenoxy) is 2. The van der Waals surface area contributed by atoms with Crippen LogP contribution in [0.1, 0.15) is 5.56 Å². The second-order valence-corrected chi connectivity index (χ2v) is 3.81. The van der Waals surface area contributed by atoms with E-state index in [4.69, 9.17) is 19.8 Å². The number of carboxylic acid groups (broad SMARTS) is 1. The maximum atomic E-state index is 10.4. The van der Waals surface area contributed by atoms with Gasteiger partial charge in [-0.15, -0.1) is 0 Å². The molecular formula is C10H10BrNO5. The zero-order chi connectivity index (χ0) is 12.8. The average Bonchev–Trinajstić information content (AvgIpc) is 2.29. The standard InChI is InChI=1S/C10H10BrNO5/c1-16-8-2-6(4-12-15)7(11)3-9(8)17-5-10(13)14/h2-4,15H,5H2,1H3,(H,13,14). The Bertz CT molecular complexity index is 447. The number of carbonyl (C=O) groups is 1. The summed E-state index contributed by atoms with van der Waals surface area (Å²) >= 11 is 3.23. The van der Waals surface area contributed by atoms with Gasteiger partial charge in [-0.05, 0) is 28.1 Å². The summed E-state index contributed by atoms with van der Waals surface area (Å²) in [6, 6.07) is 3.10. The van der Waals surface area contributed by atoms with Crippen molar-refractivity contribution in [3.8, 4) is 11.5 Å². The Morgan fingerprint density at radius 1 is 1.53 bits per heavy atom. The minimum absolute atomic E-state index is 0.289. The molecule has 0 bridgehead atoms. The van der Waals surface area contributed by atoms with Crippen LogP contribution >= 0.6 is 15.9 Å². The Kier molecular flexibility index (Phi) is 4.77. The quantitative estimate of drug-likeness (QED) is 0.491. The van der Waals surface area contributed by atoms with Crippen LogP contribution in [0.2, 0.25) is 0 Å². The van der Waals surface area contributed by atoms with Gasteiger partial charge in [0.05, 0.1) is 13.3 Å². The molecule has 1 aromatic carbocycles. The van der Waals surface area contributed by atoms with Gasteiger partial charge in [0.25, 0.3) is 0 Å². The van der Waals surface area contributed by atoms with Crippen LogP contribution in [0.4, 0.5) is 0 Å². The minimum atomic E-state index is -1.08. The lowest BCUT2D eigenvalue weighted by molar-refractivity contribution is -0.139. The van der Waals surface area contributed by atoms with Gasteiger partial charge >= 0.3 is 5.97 Å². The van der Waals surface area contributed by atoms with E-state index in [-0.39, 0.29) is 5.75 Å². The van der Waals surface area contributed by atoms with Crippen molar-refractivity contribution < 1.29 is 24.6 Å². The van der Waals surface area contributed by atoms with E-state index in [1.54, 1.807) is 12.1 Å². The van der Waals surface area contributed by atoms with Gasteiger partial charge in [0.15, 0.2) is 18.1 Å². The molecule has 17 heavy (non-hydrogen) atoms. The number of methoxy groups -OCH3 is 1. The zero-order valence-electron chi connectivity index (χ0n) is 8.88. The van der Waals surface area contributed by atoms with Crippen molar-refractivity contribution in [3.63, 3.8) is 0 Å². The first-order valence-corrected chi connectivity index (χ1v) is 5.27. The van der Waals surface area contributed by atoms with Crippen LogP contribution in [0.5, 0.6) is 11.5 Å². The van der Waals surface area contributed by atoms with Crippen molar-refractivity contribution >= 4 is 28.1 Å². The first-order chi connectivity index (χ1) is 8.08. The Hall–Kier alpha value is -1.76. The first-order valence-electron chi connectivity index (χ1n) is 4.48. The molecule has 0 amide bonds. The number of nitrogens with zero attached hydrogens (tertiary/aromatic N) is 1. The molecule has 0 radical (unpaired) electrons. The van der Waals surface area contributed by atoms with Gasteiger partial charge in [-0.2, -0.15) is 0 Å². The second-order valence-electron chi connectivity index (χ2n) is 2.95. The highest BCUT2D eigenvalue weighted by molar-refractivity contribution is 9.10. The monoisotopic (exact) mass is 303 g/mol. The van der Waals surface area contributed by atoms with Gasteiger partial charge in [0.2, 0.25) is 0 Å². The maximum Gasteiger partial charge on any atom is 0.341 e. The van der Waals surface area contributed by atoms with Crippen molar-refractivity contribution in [2.45, 2.75) is 0 Å². The summed E-state index contributed by atoms with van der Waals surface area (Å²) in [4.78, 5) is 10.4. The van der Waals surface area contributed by atoms with Crippen LogP contribution in [0.15, 0.2) is 21.8 Å². The fourth-order valence-corrected chi connectivity index (χ4v) is 1.55. The van der Waals surface area contributed by atoms with E-state index < -0.39 is 12.6 Å². The first kappa shape index (κ1) is 13.3. The molecule has 0 heterocycles. The summed E-state index contributed by atoms with van der Waals surface area (Å²) in [7, 11) is 1.43. The number of carboxylic acids is 1. The molecule has 0 aliphatic carbocycles. The Morgan fingerprint density at radius 3 is 2.76 bits per heavy atom. The summed E-state index contributed by atoms with van der Waals surface area (Å²) in [6.45, 7) is -0.462. The third-order valence-electron chi connectivity index (χ3n) is 1.83. The van der Waals surface area contributed by atoms with E-state index in [2.05, 4.69) is 21.1 Å². The molecule has 7 heteroatoms. The van der Waals surface area contributed by atoms with E-state index in [0.29, 0.717) is 15.8 Å². The SMILES string of the molecule is COc1cc(C=NO)c(Br)cc1OCC(=O)O. The summed E-state index contributed by atoms with van der Waals surface area (Å²) in [5.41, 5.74) is 0.576. The number of halogens is 1. The number of hydrogen-bond donors (Lipinski definition) is 2. The van der Waals surface area contributed by atoms with Gasteiger partial charge in [-0.1, -0.05) is 5.16 Å². The highest BCUT2D eigenvalue weighted by Crippen LogP contribution is 2.32. The molecule has 0 saturated carbocycles. The maximum absolute atomic E-state index is 10.4. The molecule has 0 unspecified atom stereocenters. The van der Waals surface area contributed by atoms with Crippen molar-refractivity contribution in [2.75, 3.05) is 13.7 Å². The minimum Gasteiger partial charge on any atom is -0.493 e. The van der Waals surface area contributed by atoms with Gasteiger partial charge in [-0.3, -0.25) is 0 Å². The molecule has 0 saturated heterocycles. The number of oxime groups is 1. The summed E-state index contributed by atoms with van der Waals surface area (Å²) in [6.07, 6.45) is 1.22. The molecule has 0 aliphatic rings. The van der Waals surface area contributed by atoms with Crippen LogP contribution in [0.3, 0.4) is 0 Å². The summed E-state index contributed by atoms with van der Waals surface area (Å²) in [5, 5.41) is 19.9. The number of rotatable bonds is 5. The average molecular weight is 304 g/mol. The van der Waals surface area contributed by atoms with Crippen LogP contribution in [0, 0.1) is 0 Å². The fourth-order valence-electron chi connectivity index (χ4n) is 1.12. The molecule has 1 aromatic rings. The van der Waals surface area contributed by atoms with Gasteiger partial charge in [-0.25, -0.2) is 4.79 Å². The van der Waals surface area contributed by atoms with Crippen molar-refractivity contribution in [1.82, 2.24) is 0 Å². The predicted octanol–water partition coefficient (Wildman–Crippen LogP) is 1.73. The molecule has 92 valence electrons. The molecule has 2 N–H and O–H groups in total. The van der Waals surface area contributed by atoms with E-state index in [1.165, 1.54) is 13.3 Å². The third kappa shape index (κ3) is 3.63. The zero-order valence-corrected chi connectivity index (χ0v) is 10.5. The van der Waals surface area contributed by atoms with Gasteiger partial charge < -0.3 is 19.8 Å². The van der Waals surface area contributed by atoms with E-state index >= 15 is 0 Å². The predicted molar refractivity (Wildman–Crippen MR) is 63.2 cm³/mol. The van der Waals surface area contributed by atoms with E-state index in [1.807, 2.05) is 0 Å². The smallest absolute Gasteiger partial charge is 0.341 e. The highest BCUT2D eigenvalue weighted by atomic mass is 79.9. The van der Waals surface area contributed by atoms with E-state index in [9.17, 15) is 4.79 Å². The van der Waals surface area contributed by atoms with Crippen LogP contribution in [0.25, 0.3) is 0 Å². The Labute approximate surface area is 106 Å². The number of hydrogen-bond acceptors (Lipinski definition) is 5.